The molecule has 0 fully saturated rings. The molecule has 1 aliphatic rings. The summed E-state index contributed by atoms with van der Waals surface area (Å²) in [6.45, 7) is 12.0. The number of hydrogen-bond donors (Lipinski definition) is 1. The molecule has 0 aromatic carbocycles. The Morgan fingerprint density at radius 3 is 2.33 bits per heavy atom. The van der Waals surface area contributed by atoms with Crippen molar-refractivity contribution >= 4 is 5.78 Å². The van der Waals surface area contributed by atoms with Crippen molar-refractivity contribution in [2.45, 2.75) is 54.1 Å². The zero-order valence-corrected chi connectivity index (χ0v) is 15.8. The Hall–Kier alpha value is -1.93. The molecule has 0 aliphatic heterocycles. The molecule has 0 aromatic heterocycles. The fourth-order valence-electron chi connectivity index (χ4n) is 2.85. The molecule has 1 aliphatic carbocycles. The highest BCUT2D eigenvalue weighted by molar-refractivity contribution is 6.00. The number of aliphatic hydroxyl groups excluding tert-OH is 1. The minimum atomic E-state index is -0.872. The average molecular weight is 326 g/mol. The minimum absolute atomic E-state index is 0.153. The molecule has 0 saturated heterocycles. The molecule has 0 heterocycles. The zero-order chi connectivity index (χ0) is 18.3. The molecule has 0 radical (unpaired) electrons. The fraction of sp³-hybridized carbons (Fsp3) is 0.409. The van der Waals surface area contributed by atoms with Crippen molar-refractivity contribution in [3.05, 3.63) is 70.9 Å². The first-order valence-electron chi connectivity index (χ1n) is 8.45. The van der Waals surface area contributed by atoms with Crippen molar-refractivity contribution in [1.82, 2.24) is 0 Å². The molecule has 0 spiro atoms. The van der Waals surface area contributed by atoms with Gasteiger partial charge in [-0.05, 0) is 50.7 Å². The van der Waals surface area contributed by atoms with Gasteiger partial charge in [0.05, 0.1) is 0 Å². The van der Waals surface area contributed by atoms with E-state index < -0.39 is 6.10 Å². The second-order valence-electron chi connectivity index (χ2n) is 7.05. The maximum absolute atomic E-state index is 12.0. The van der Waals surface area contributed by atoms with Crippen LogP contribution in [-0.2, 0) is 4.79 Å². The Labute approximate surface area is 146 Å². The predicted molar refractivity (Wildman–Crippen MR) is 103 cm³/mol. The third-order valence-electron chi connectivity index (χ3n) is 4.29. The summed E-state index contributed by atoms with van der Waals surface area (Å²) in [5.41, 5.74) is 3.78. The minimum Gasteiger partial charge on any atom is -0.385 e. The fourth-order valence-corrected chi connectivity index (χ4v) is 2.85. The summed E-state index contributed by atoms with van der Waals surface area (Å²) >= 11 is 0. The third-order valence-corrected chi connectivity index (χ3v) is 4.29. The molecule has 0 amide bonds. The molecule has 0 unspecified atom stereocenters. The van der Waals surface area contributed by atoms with Gasteiger partial charge in [0.2, 0.25) is 0 Å². The van der Waals surface area contributed by atoms with E-state index in [0.717, 1.165) is 11.1 Å². The van der Waals surface area contributed by atoms with E-state index in [1.165, 1.54) is 5.57 Å². The molecular formula is C22H30O2. The molecule has 0 bridgehead atoms. The van der Waals surface area contributed by atoms with Gasteiger partial charge in [-0.1, -0.05) is 73.6 Å². The van der Waals surface area contributed by atoms with Gasteiger partial charge in [0.1, 0.15) is 6.10 Å². The van der Waals surface area contributed by atoms with Gasteiger partial charge in [-0.15, -0.1) is 0 Å². The SMILES string of the molecule is C/C=C/C=C(C)/C=C/C=C(C)/C=C/C1=C(C)C(=O)[C@@H](O)CC1(C)C. The van der Waals surface area contributed by atoms with Crippen molar-refractivity contribution in [3.63, 3.8) is 0 Å². The summed E-state index contributed by atoms with van der Waals surface area (Å²) in [4.78, 5) is 12.0. The summed E-state index contributed by atoms with van der Waals surface area (Å²) in [6.07, 6.45) is 15.9. The van der Waals surface area contributed by atoms with Crippen LogP contribution in [0.15, 0.2) is 70.9 Å². The van der Waals surface area contributed by atoms with Crippen LogP contribution in [0.25, 0.3) is 0 Å². The van der Waals surface area contributed by atoms with Crippen LogP contribution in [0, 0.1) is 5.41 Å². The molecule has 2 nitrogen and oxygen atoms in total. The first-order chi connectivity index (χ1) is 11.2. The van der Waals surface area contributed by atoms with E-state index in [9.17, 15) is 9.90 Å². The Bertz CT molecular complexity index is 649. The number of Topliss-reactive ketones (excluding diaryl/α,β-unsaturated/α-hetero) is 1. The van der Waals surface area contributed by atoms with Gasteiger partial charge in [-0.2, -0.15) is 0 Å². The molecular weight excluding hydrogens is 296 g/mol. The number of carbonyl (C=O) groups excluding carboxylic acids is 1. The van der Waals surface area contributed by atoms with Crippen molar-refractivity contribution in [3.8, 4) is 0 Å². The van der Waals surface area contributed by atoms with Crippen molar-refractivity contribution < 1.29 is 9.90 Å². The lowest BCUT2D eigenvalue weighted by atomic mass is 9.71. The number of allylic oxidation sites excluding steroid dienone is 11. The number of ketones is 1. The van der Waals surface area contributed by atoms with Crippen LogP contribution in [0.2, 0.25) is 0 Å². The van der Waals surface area contributed by atoms with Crippen LogP contribution in [0.3, 0.4) is 0 Å². The van der Waals surface area contributed by atoms with E-state index in [2.05, 4.69) is 32.9 Å². The van der Waals surface area contributed by atoms with Gasteiger partial charge in [-0.25, -0.2) is 0 Å². The first-order valence-corrected chi connectivity index (χ1v) is 8.45. The summed E-state index contributed by atoms with van der Waals surface area (Å²) in [7, 11) is 0. The van der Waals surface area contributed by atoms with Gasteiger partial charge >= 0.3 is 0 Å². The van der Waals surface area contributed by atoms with Crippen LogP contribution >= 0.6 is 0 Å². The van der Waals surface area contributed by atoms with Gasteiger partial charge in [-0.3, -0.25) is 4.79 Å². The average Bonchev–Trinajstić information content (AvgIpc) is 2.50. The summed E-state index contributed by atoms with van der Waals surface area (Å²) < 4.78 is 0. The van der Waals surface area contributed by atoms with Crippen LogP contribution < -0.4 is 0 Å². The second-order valence-corrected chi connectivity index (χ2v) is 7.05. The van der Waals surface area contributed by atoms with Crippen LogP contribution in [0.4, 0.5) is 0 Å². The van der Waals surface area contributed by atoms with Crippen molar-refractivity contribution in [1.29, 1.82) is 0 Å². The standard InChI is InChI=1S/C22H30O2/c1-7-8-10-16(2)11-9-12-17(3)13-14-19-18(4)21(24)20(23)15-22(19,5)6/h7-14,20,23H,15H2,1-6H3/b8-7+,11-9+,14-13+,16-10+,17-12+/t20-/m0/s1. The predicted octanol–water partition coefficient (Wildman–Crippen LogP) is 5.24. The largest absolute Gasteiger partial charge is 0.385 e. The highest BCUT2D eigenvalue weighted by Crippen LogP contribution is 2.39. The third kappa shape index (κ3) is 5.61. The van der Waals surface area contributed by atoms with Gasteiger partial charge < -0.3 is 5.11 Å². The molecule has 1 atom stereocenters. The number of carbonyl (C=O) groups is 1. The highest BCUT2D eigenvalue weighted by atomic mass is 16.3. The number of hydrogen-bond acceptors (Lipinski definition) is 2. The van der Waals surface area contributed by atoms with Crippen LogP contribution in [-0.4, -0.2) is 17.0 Å². The lowest BCUT2D eigenvalue weighted by molar-refractivity contribution is -0.125. The number of aliphatic hydroxyl groups is 1. The zero-order valence-electron chi connectivity index (χ0n) is 15.8. The van der Waals surface area contributed by atoms with Crippen LogP contribution in [0.1, 0.15) is 48.0 Å². The monoisotopic (exact) mass is 326 g/mol. The van der Waals surface area contributed by atoms with Gasteiger partial charge in [0, 0.05) is 0 Å². The van der Waals surface area contributed by atoms with Crippen molar-refractivity contribution in [2.75, 3.05) is 0 Å². The molecule has 1 rings (SSSR count). The van der Waals surface area contributed by atoms with Crippen molar-refractivity contribution in [2.24, 2.45) is 5.41 Å². The van der Waals surface area contributed by atoms with E-state index in [0.29, 0.717) is 12.0 Å². The lowest BCUT2D eigenvalue weighted by Crippen LogP contribution is -2.35. The lowest BCUT2D eigenvalue weighted by Gasteiger charge is -2.34. The molecule has 0 saturated carbocycles. The van der Waals surface area contributed by atoms with Gasteiger partial charge in [0.15, 0.2) is 5.78 Å². The Morgan fingerprint density at radius 1 is 1.12 bits per heavy atom. The summed E-state index contributed by atoms with van der Waals surface area (Å²) in [6, 6.07) is 0. The molecule has 24 heavy (non-hydrogen) atoms. The maximum atomic E-state index is 12.0. The molecule has 1 N–H and O–H groups in total. The Kier molecular flexibility index (Phi) is 7.37. The first kappa shape index (κ1) is 20.1. The smallest absolute Gasteiger partial charge is 0.187 e. The Morgan fingerprint density at radius 2 is 1.71 bits per heavy atom. The van der Waals surface area contributed by atoms with E-state index in [1.54, 1.807) is 6.92 Å². The quantitative estimate of drug-likeness (QED) is 0.701. The maximum Gasteiger partial charge on any atom is 0.187 e. The van der Waals surface area contributed by atoms with Gasteiger partial charge in [0.25, 0.3) is 0 Å². The van der Waals surface area contributed by atoms with E-state index >= 15 is 0 Å². The number of rotatable bonds is 5. The molecule has 2 heteroatoms. The van der Waals surface area contributed by atoms with Crippen LogP contribution in [0.5, 0.6) is 0 Å². The Balaban J connectivity index is 2.93. The highest BCUT2D eigenvalue weighted by Gasteiger charge is 2.36. The summed E-state index contributed by atoms with van der Waals surface area (Å²) in [5.74, 6) is -0.153. The van der Waals surface area contributed by atoms with E-state index in [1.807, 2.05) is 50.3 Å². The topological polar surface area (TPSA) is 37.3 Å². The molecule has 130 valence electrons. The van der Waals surface area contributed by atoms with E-state index in [-0.39, 0.29) is 11.2 Å². The summed E-state index contributed by atoms with van der Waals surface area (Å²) in [5, 5.41) is 9.87. The second kappa shape index (κ2) is 8.79. The molecule has 0 aromatic rings. The normalized spacial score (nSPS) is 23.3. The van der Waals surface area contributed by atoms with E-state index in [4.69, 9.17) is 0 Å².